The molecular formula is C26H23NO3. The zero-order chi connectivity index (χ0) is 20.7. The van der Waals surface area contributed by atoms with Gasteiger partial charge in [-0.15, -0.1) is 0 Å². The molecule has 1 aliphatic carbocycles. The van der Waals surface area contributed by atoms with Gasteiger partial charge in [0.1, 0.15) is 17.1 Å². The summed E-state index contributed by atoms with van der Waals surface area (Å²) >= 11 is 0. The summed E-state index contributed by atoms with van der Waals surface area (Å²) in [5.74, 6) is 1.20. The van der Waals surface area contributed by atoms with Crippen LogP contribution in [0.1, 0.15) is 24.8 Å². The number of nitrogens with two attached hydrogens (primary N) is 1. The largest absolute Gasteiger partial charge is 0.497 e. The highest BCUT2D eigenvalue weighted by atomic mass is 16.5. The van der Waals surface area contributed by atoms with Crippen LogP contribution < -0.4 is 15.9 Å². The van der Waals surface area contributed by atoms with E-state index in [0.717, 1.165) is 36.0 Å². The molecule has 1 fully saturated rings. The van der Waals surface area contributed by atoms with Gasteiger partial charge in [-0.25, -0.2) is 0 Å². The van der Waals surface area contributed by atoms with Gasteiger partial charge in [0.15, 0.2) is 0 Å². The van der Waals surface area contributed by atoms with E-state index >= 15 is 0 Å². The van der Waals surface area contributed by atoms with Crippen LogP contribution in [0.2, 0.25) is 0 Å². The molecular weight excluding hydrogens is 374 g/mol. The zero-order valence-electron chi connectivity index (χ0n) is 16.9. The Morgan fingerprint density at radius 1 is 0.933 bits per heavy atom. The summed E-state index contributed by atoms with van der Waals surface area (Å²) in [7, 11) is 1.60. The van der Waals surface area contributed by atoms with Crippen molar-refractivity contribution in [3.63, 3.8) is 0 Å². The van der Waals surface area contributed by atoms with E-state index in [2.05, 4.69) is 0 Å². The number of hydrogen-bond acceptors (Lipinski definition) is 4. The second-order valence-corrected chi connectivity index (χ2v) is 7.95. The summed E-state index contributed by atoms with van der Waals surface area (Å²) in [4.78, 5) is 13.5. The highest BCUT2D eigenvalue weighted by Crippen LogP contribution is 2.40. The molecule has 0 bridgehead atoms. The molecule has 0 unspecified atom stereocenters. The summed E-state index contributed by atoms with van der Waals surface area (Å²) in [6.07, 6.45) is 3.16. The molecule has 0 aliphatic heterocycles. The van der Waals surface area contributed by atoms with Crippen molar-refractivity contribution in [2.75, 3.05) is 7.11 Å². The zero-order valence-corrected chi connectivity index (χ0v) is 16.9. The molecule has 0 atom stereocenters. The van der Waals surface area contributed by atoms with Crippen LogP contribution >= 0.6 is 0 Å². The first kappa shape index (κ1) is 18.6. The van der Waals surface area contributed by atoms with Crippen LogP contribution in [-0.2, 0) is 5.54 Å². The van der Waals surface area contributed by atoms with Gasteiger partial charge in [-0.1, -0.05) is 54.6 Å². The quantitative estimate of drug-likeness (QED) is 0.496. The Kier molecular flexibility index (Phi) is 4.44. The number of ether oxygens (including phenoxy) is 1. The Morgan fingerprint density at radius 3 is 2.30 bits per heavy atom. The summed E-state index contributed by atoms with van der Waals surface area (Å²) < 4.78 is 11.6. The normalized spacial score (nSPS) is 15.0. The summed E-state index contributed by atoms with van der Waals surface area (Å²) in [5, 5.41) is 0.531. The number of rotatable bonds is 4. The van der Waals surface area contributed by atoms with Crippen molar-refractivity contribution in [2.45, 2.75) is 24.8 Å². The van der Waals surface area contributed by atoms with Gasteiger partial charge in [-0.2, -0.15) is 0 Å². The SMILES string of the molecule is COc1ccc2c(=O)c(-c3ccc(C4(N)CCC4)cc3)c(-c3ccccc3)oc2c1. The maximum absolute atomic E-state index is 13.5. The van der Waals surface area contributed by atoms with Gasteiger partial charge in [-0.3, -0.25) is 4.79 Å². The van der Waals surface area contributed by atoms with Gasteiger partial charge in [0, 0.05) is 17.2 Å². The fraction of sp³-hybridized carbons (Fsp3) is 0.192. The molecule has 4 aromatic rings. The Labute approximate surface area is 174 Å². The molecule has 4 heteroatoms. The van der Waals surface area contributed by atoms with Crippen LogP contribution in [0.4, 0.5) is 0 Å². The highest BCUT2D eigenvalue weighted by molar-refractivity contribution is 5.89. The Hall–Kier alpha value is -3.37. The maximum Gasteiger partial charge on any atom is 0.201 e. The lowest BCUT2D eigenvalue weighted by Crippen LogP contribution is -2.43. The molecule has 1 saturated carbocycles. The first-order valence-electron chi connectivity index (χ1n) is 10.2. The molecule has 5 rings (SSSR count). The van der Waals surface area contributed by atoms with E-state index < -0.39 is 0 Å². The molecule has 1 aromatic heterocycles. The fourth-order valence-corrected chi connectivity index (χ4v) is 4.17. The van der Waals surface area contributed by atoms with Gasteiger partial charge in [0.25, 0.3) is 0 Å². The second-order valence-electron chi connectivity index (χ2n) is 7.95. The predicted molar refractivity (Wildman–Crippen MR) is 120 cm³/mol. The van der Waals surface area contributed by atoms with Crippen molar-refractivity contribution < 1.29 is 9.15 Å². The standard InChI is InChI=1S/C26H23NO3/c1-29-20-12-13-21-22(16-20)30-25(18-6-3-2-4-7-18)23(24(21)28)17-8-10-19(11-9-17)26(27)14-5-15-26/h2-4,6-13,16H,5,14-15,27H2,1H3. The van der Waals surface area contributed by atoms with E-state index in [9.17, 15) is 4.79 Å². The second kappa shape index (κ2) is 7.15. The van der Waals surface area contributed by atoms with Crippen molar-refractivity contribution in [3.8, 4) is 28.2 Å². The van der Waals surface area contributed by atoms with Crippen LogP contribution in [-0.4, -0.2) is 7.11 Å². The lowest BCUT2D eigenvalue weighted by molar-refractivity contribution is 0.253. The number of benzene rings is 3. The third-order valence-electron chi connectivity index (χ3n) is 6.13. The van der Waals surface area contributed by atoms with Gasteiger partial charge in [-0.05, 0) is 42.5 Å². The summed E-state index contributed by atoms with van der Waals surface area (Å²) in [5.41, 5.74) is 10.1. The fourth-order valence-electron chi connectivity index (χ4n) is 4.17. The summed E-state index contributed by atoms with van der Waals surface area (Å²) in [6, 6.07) is 23.1. The smallest absolute Gasteiger partial charge is 0.201 e. The lowest BCUT2D eigenvalue weighted by atomic mass is 9.72. The minimum Gasteiger partial charge on any atom is -0.497 e. The predicted octanol–water partition coefficient (Wildman–Crippen LogP) is 5.47. The summed E-state index contributed by atoms with van der Waals surface area (Å²) in [6.45, 7) is 0. The van der Waals surface area contributed by atoms with E-state index in [0.29, 0.717) is 28.0 Å². The van der Waals surface area contributed by atoms with Crippen LogP contribution in [0.15, 0.2) is 82.0 Å². The van der Waals surface area contributed by atoms with Crippen LogP contribution in [0, 0.1) is 0 Å². The molecule has 0 radical (unpaired) electrons. The van der Waals surface area contributed by atoms with Crippen LogP contribution in [0.3, 0.4) is 0 Å². The monoisotopic (exact) mass is 397 g/mol. The average molecular weight is 397 g/mol. The Bertz CT molecular complexity index is 1270. The van der Waals surface area contributed by atoms with Gasteiger partial charge < -0.3 is 14.9 Å². The van der Waals surface area contributed by atoms with Crippen molar-refractivity contribution in [1.82, 2.24) is 0 Å². The third kappa shape index (κ3) is 3.01. The van der Waals surface area contributed by atoms with E-state index in [-0.39, 0.29) is 11.0 Å². The molecule has 0 amide bonds. The third-order valence-corrected chi connectivity index (χ3v) is 6.13. The van der Waals surface area contributed by atoms with Gasteiger partial charge in [0.05, 0.1) is 18.1 Å². The molecule has 0 spiro atoms. The number of hydrogen-bond donors (Lipinski definition) is 1. The first-order chi connectivity index (χ1) is 14.6. The van der Waals surface area contributed by atoms with Crippen LogP contribution in [0.25, 0.3) is 33.4 Å². The highest BCUT2D eigenvalue weighted by Gasteiger charge is 2.34. The minimum atomic E-state index is -0.231. The topological polar surface area (TPSA) is 65.5 Å². The van der Waals surface area contributed by atoms with Crippen molar-refractivity contribution >= 4 is 11.0 Å². The molecule has 1 aliphatic rings. The van der Waals surface area contributed by atoms with Gasteiger partial charge >= 0.3 is 0 Å². The number of fused-ring (bicyclic) bond motifs is 1. The molecule has 150 valence electrons. The minimum absolute atomic E-state index is 0.0587. The lowest BCUT2D eigenvalue weighted by Gasteiger charge is -2.38. The molecule has 3 aromatic carbocycles. The van der Waals surface area contributed by atoms with E-state index in [1.54, 1.807) is 25.3 Å². The van der Waals surface area contributed by atoms with Crippen LogP contribution in [0.5, 0.6) is 5.75 Å². The van der Waals surface area contributed by atoms with E-state index in [1.165, 1.54) is 0 Å². The van der Waals surface area contributed by atoms with Crippen molar-refractivity contribution in [3.05, 3.63) is 88.6 Å². The molecule has 4 nitrogen and oxygen atoms in total. The Morgan fingerprint density at radius 2 is 1.67 bits per heavy atom. The maximum atomic E-state index is 13.5. The van der Waals surface area contributed by atoms with Gasteiger partial charge in [0.2, 0.25) is 5.43 Å². The molecule has 1 heterocycles. The van der Waals surface area contributed by atoms with E-state index in [4.69, 9.17) is 14.9 Å². The van der Waals surface area contributed by atoms with Crippen molar-refractivity contribution in [1.29, 1.82) is 0 Å². The average Bonchev–Trinajstić information content (AvgIpc) is 2.77. The van der Waals surface area contributed by atoms with E-state index in [1.807, 2.05) is 54.6 Å². The van der Waals surface area contributed by atoms with Crippen molar-refractivity contribution in [2.24, 2.45) is 5.73 Å². The Balaban J connectivity index is 1.73. The molecule has 30 heavy (non-hydrogen) atoms. The molecule has 0 saturated heterocycles. The molecule has 2 N–H and O–H groups in total. The number of methoxy groups -OCH3 is 1. The first-order valence-corrected chi connectivity index (χ1v) is 10.2.